The van der Waals surface area contributed by atoms with Gasteiger partial charge in [0.05, 0.1) is 7.11 Å². The van der Waals surface area contributed by atoms with Crippen LogP contribution in [0.3, 0.4) is 0 Å². The van der Waals surface area contributed by atoms with E-state index in [1.807, 2.05) is 12.3 Å². The second-order valence-corrected chi connectivity index (χ2v) is 4.11. The number of aromatic nitrogens is 1. The summed E-state index contributed by atoms with van der Waals surface area (Å²) in [4.78, 5) is 14.1. The third kappa shape index (κ3) is 2.39. The lowest BCUT2D eigenvalue weighted by molar-refractivity contribution is 0.0595. The molecule has 0 amide bonds. The molecule has 15 heavy (non-hydrogen) atoms. The summed E-state index contributed by atoms with van der Waals surface area (Å²) in [5.41, 5.74) is 1.60. The minimum atomic E-state index is -0.318. The summed E-state index contributed by atoms with van der Waals surface area (Å²) >= 11 is 0. The molecule has 0 aromatic carbocycles. The third-order valence-electron chi connectivity index (χ3n) is 2.83. The lowest BCUT2D eigenvalue weighted by atomic mass is 10.3. The van der Waals surface area contributed by atoms with E-state index in [-0.39, 0.29) is 5.97 Å². The Bertz CT molecular complexity index is 359. The highest BCUT2D eigenvalue weighted by molar-refractivity contribution is 5.87. The van der Waals surface area contributed by atoms with E-state index < -0.39 is 0 Å². The zero-order valence-corrected chi connectivity index (χ0v) is 9.04. The molecule has 1 saturated carbocycles. The molecule has 1 aliphatic rings. The quantitative estimate of drug-likeness (QED) is 0.733. The molecule has 1 heterocycles. The van der Waals surface area contributed by atoms with E-state index >= 15 is 0 Å². The van der Waals surface area contributed by atoms with E-state index in [1.54, 1.807) is 0 Å². The van der Waals surface area contributed by atoms with Crippen molar-refractivity contribution >= 4 is 5.97 Å². The average molecular weight is 208 g/mol. The van der Waals surface area contributed by atoms with Crippen molar-refractivity contribution in [2.75, 3.05) is 7.11 Å². The van der Waals surface area contributed by atoms with Crippen molar-refractivity contribution < 1.29 is 9.53 Å². The van der Waals surface area contributed by atoms with E-state index in [0.717, 1.165) is 18.0 Å². The first-order chi connectivity index (χ1) is 7.20. The minimum absolute atomic E-state index is 0.318. The van der Waals surface area contributed by atoms with Gasteiger partial charge in [-0.25, -0.2) is 4.79 Å². The Morgan fingerprint density at radius 2 is 2.47 bits per heavy atom. The summed E-state index contributed by atoms with van der Waals surface area (Å²) < 4.78 is 4.61. The largest absolute Gasteiger partial charge is 0.464 e. The monoisotopic (exact) mass is 208 g/mol. The van der Waals surface area contributed by atoms with Crippen molar-refractivity contribution in [1.29, 1.82) is 0 Å². The van der Waals surface area contributed by atoms with Gasteiger partial charge in [0.1, 0.15) is 5.69 Å². The number of H-pyrrole nitrogens is 1. The molecule has 1 fully saturated rings. The van der Waals surface area contributed by atoms with Gasteiger partial charge in [0.15, 0.2) is 0 Å². The molecule has 82 valence electrons. The normalized spacial score (nSPS) is 23.9. The summed E-state index contributed by atoms with van der Waals surface area (Å²) in [5.74, 6) is 0.477. The van der Waals surface area contributed by atoms with E-state index in [4.69, 9.17) is 0 Å². The van der Waals surface area contributed by atoms with Crippen molar-refractivity contribution in [3.8, 4) is 0 Å². The smallest absolute Gasteiger partial charge is 0.354 e. The molecule has 2 atom stereocenters. The van der Waals surface area contributed by atoms with Gasteiger partial charge in [-0.15, -0.1) is 0 Å². The number of hydrogen-bond donors (Lipinski definition) is 2. The Balaban J connectivity index is 1.86. The number of aromatic amines is 1. The number of nitrogens with one attached hydrogen (secondary N) is 2. The molecule has 0 saturated heterocycles. The van der Waals surface area contributed by atoms with Crippen LogP contribution in [0.4, 0.5) is 0 Å². The number of carbonyl (C=O) groups excluding carboxylic acids is 1. The topological polar surface area (TPSA) is 54.1 Å². The molecule has 2 N–H and O–H groups in total. The van der Waals surface area contributed by atoms with Gasteiger partial charge in [-0.05, 0) is 24.0 Å². The molecule has 0 spiro atoms. The lowest BCUT2D eigenvalue weighted by Crippen LogP contribution is -2.16. The van der Waals surface area contributed by atoms with Crippen LogP contribution in [0.25, 0.3) is 0 Å². The standard InChI is InChI=1S/C11H16N2O2/c1-7-3-9(7)12-5-8-4-10(13-6-8)11(14)15-2/h4,6-7,9,12-13H,3,5H2,1-2H3. The number of hydrogen-bond acceptors (Lipinski definition) is 3. The van der Waals surface area contributed by atoms with Crippen LogP contribution in [0.15, 0.2) is 12.3 Å². The van der Waals surface area contributed by atoms with Gasteiger partial charge in [-0.3, -0.25) is 0 Å². The first kappa shape index (κ1) is 10.2. The first-order valence-electron chi connectivity index (χ1n) is 5.19. The summed E-state index contributed by atoms with van der Waals surface area (Å²) in [7, 11) is 1.38. The molecule has 1 aromatic heterocycles. The fourth-order valence-corrected chi connectivity index (χ4v) is 1.62. The number of ether oxygens (including phenoxy) is 1. The molecular weight excluding hydrogens is 192 g/mol. The molecule has 0 aliphatic heterocycles. The van der Waals surface area contributed by atoms with Crippen LogP contribution in [0.2, 0.25) is 0 Å². The zero-order chi connectivity index (χ0) is 10.8. The SMILES string of the molecule is COC(=O)c1cc(CNC2CC2C)c[nH]1. The summed E-state index contributed by atoms with van der Waals surface area (Å²) in [6.45, 7) is 3.04. The van der Waals surface area contributed by atoms with Crippen molar-refractivity contribution in [3.05, 3.63) is 23.5 Å². The highest BCUT2D eigenvalue weighted by Gasteiger charge is 2.31. The van der Waals surface area contributed by atoms with Gasteiger partial charge < -0.3 is 15.0 Å². The predicted molar refractivity (Wildman–Crippen MR) is 56.5 cm³/mol. The van der Waals surface area contributed by atoms with Crippen LogP contribution in [0.5, 0.6) is 0 Å². The molecule has 1 aliphatic carbocycles. The van der Waals surface area contributed by atoms with Gasteiger partial charge in [-0.2, -0.15) is 0 Å². The van der Waals surface area contributed by atoms with Crippen LogP contribution in [0, 0.1) is 5.92 Å². The Morgan fingerprint density at radius 3 is 3.07 bits per heavy atom. The highest BCUT2D eigenvalue weighted by Crippen LogP contribution is 2.29. The maximum atomic E-state index is 11.2. The van der Waals surface area contributed by atoms with E-state index in [0.29, 0.717) is 11.7 Å². The maximum absolute atomic E-state index is 11.2. The molecule has 4 heteroatoms. The molecule has 4 nitrogen and oxygen atoms in total. The molecule has 0 bridgehead atoms. The average Bonchev–Trinajstić information content (AvgIpc) is 2.77. The van der Waals surface area contributed by atoms with Gasteiger partial charge in [0, 0.05) is 18.8 Å². The summed E-state index contributed by atoms with van der Waals surface area (Å²) in [6.07, 6.45) is 3.10. The molecule has 1 aromatic rings. The zero-order valence-electron chi connectivity index (χ0n) is 9.04. The van der Waals surface area contributed by atoms with Crippen molar-refractivity contribution in [2.24, 2.45) is 5.92 Å². The summed E-state index contributed by atoms with van der Waals surface area (Å²) in [6, 6.07) is 2.48. The summed E-state index contributed by atoms with van der Waals surface area (Å²) in [5, 5.41) is 3.42. The van der Waals surface area contributed by atoms with E-state index in [2.05, 4.69) is 22.0 Å². The molecule has 2 rings (SSSR count). The molecule has 0 radical (unpaired) electrons. The molecule has 2 unspecified atom stereocenters. The highest BCUT2D eigenvalue weighted by atomic mass is 16.5. The number of rotatable bonds is 4. The fourth-order valence-electron chi connectivity index (χ4n) is 1.62. The van der Waals surface area contributed by atoms with Gasteiger partial charge in [-0.1, -0.05) is 6.92 Å². The van der Waals surface area contributed by atoms with Crippen LogP contribution in [-0.2, 0) is 11.3 Å². The second kappa shape index (κ2) is 4.06. The maximum Gasteiger partial charge on any atom is 0.354 e. The van der Waals surface area contributed by atoms with E-state index in [1.165, 1.54) is 13.5 Å². The first-order valence-corrected chi connectivity index (χ1v) is 5.19. The number of carbonyl (C=O) groups is 1. The van der Waals surface area contributed by atoms with Gasteiger partial charge >= 0.3 is 5.97 Å². The van der Waals surface area contributed by atoms with Gasteiger partial charge in [0.2, 0.25) is 0 Å². The van der Waals surface area contributed by atoms with Crippen LogP contribution in [-0.4, -0.2) is 24.1 Å². The Labute approximate surface area is 89.0 Å². The number of esters is 1. The second-order valence-electron chi connectivity index (χ2n) is 4.11. The predicted octanol–water partition coefficient (Wildman–Crippen LogP) is 1.30. The van der Waals surface area contributed by atoms with Gasteiger partial charge in [0.25, 0.3) is 0 Å². The Kier molecular flexibility index (Phi) is 2.77. The minimum Gasteiger partial charge on any atom is -0.464 e. The van der Waals surface area contributed by atoms with Crippen LogP contribution >= 0.6 is 0 Å². The molecular formula is C11H16N2O2. The Hall–Kier alpha value is -1.29. The lowest BCUT2D eigenvalue weighted by Gasteiger charge is -1.99. The van der Waals surface area contributed by atoms with Crippen molar-refractivity contribution in [1.82, 2.24) is 10.3 Å². The van der Waals surface area contributed by atoms with Crippen molar-refractivity contribution in [3.63, 3.8) is 0 Å². The van der Waals surface area contributed by atoms with E-state index in [9.17, 15) is 4.79 Å². The van der Waals surface area contributed by atoms with Crippen LogP contribution in [0.1, 0.15) is 29.4 Å². The Morgan fingerprint density at radius 1 is 1.73 bits per heavy atom. The van der Waals surface area contributed by atoms with Crippen molar-refractivity contribution in [2.45, 2.75) is 25.9 Å². The fraction of sp³-hybridized carbons (Fsp3) is 0.545. The number of methoxy groups -OCH3 is 1. The third-order valence-corrected chi connectivity index (χ3v) is 2.83. The van der Waals surface area contributed by atoms with Crippen LogP contribution < -0.4 is 5.32 Å².